The highest BCUT2D eigenvalue weighted by Crippen LogP contribution is 2.37. The van der Waals surface area contributed by atoms with Crippen molar-refractivity contribution < 1.29 is 9.90 Å². The number of nitrogens with zero attached hydrogens (tertiary/aromatic N) is 5. The second kappa shape index (κ2) is 8.07. The number of hydrogen-bond donors (Lipinski definition) is 4. The molecule has 0 unspecified atom stereocenters. The van der Waals surface area contributed by atoms with E-state index in [1.807, 2.05) is 36.4 Å². The second-order valence-corrected chi connectivity index (χ2v) is 7.47. The van der Waals surface area contributed by atoms with Gasteiger partial charge in [0.15, 0.2) is 5.69 Å². The molecule has 1 saturated heterocycles. The van der Waals surface area contributed by atoms with E-state index in [0.717, 1.165) is 48.2 Å². The van der Waals surface area contributed by atoms with Crippen LogP contribution in [-0.4, -0.2) is 60.2 Å². The van der Waals surface area contributed by atoms with Gasteiger partial charge in [-0.25, -0.2) is 4.79 Å². The summed E-state index contributed by atoms with van der Waals surface area (Å²) in [6.07, 6.45) is 2.03. The van der Waals surface area contributed by atoms with Crippen molar-refractivity contribution in [2.75, 3.05) is 13.1 Å². The zero-order valence-corrected chi connectivity index (χ0v) is 16.5. The van der Waals surface area contributed by atoms with Gasteiger partial charge in [0.1, 0.15) is 5.69 Å². The molecule has 0 spiro atoms. The number of aromatic nitrogens is 7. The van der Waals surface area contributed by atoms with Crippen LogP contribution in [0.4, 0.5) is 0 Å². The molecule has 1 aliphatic rings. The zero-order chi connectivity index (χ0) is 21.2. The van der Waals surface area contributed by atoms with Crippen molar-refractivity contribution >= 4 is 5.97 Å². The van der Waals surface area contributed by atoms with Crippen LogP contribution in [0, 0.1) is 0 Å². The molecule has 10 heteroatoms. The lowest BCUT2D eigenvalue weighted by molar-refractivity contribution is 0.0691. The molecule has 1 fully saturated rings. The quantitative estimate of drug-likeness (QED) is 0.388. The van der Waals surface area contributed by atoms with Gasteiger partial charge >= 0.3 is 5.97 Å². The highest BCUT2D eigenvalue weighted by Gasteiger charge is 2.23. The highest BCUT2D eigenvalue weighted by molar-refractivity contribution is 5.92. The van der Waals surface area contributed by atoms with Gasteiger partial charge in [0.05, 0.1) is 0 Å². The van der Waals surface area contributed by atoms with Crippen molar-refractivity contribution in [3.05, 3.63) is 53.7 Å². The number of H-pyrrole nitrogens is 2. The lowest BCUT2D eigenvalue weighted by Crippen LogP contribution is -2.26. The highest BCUT2D eigenvalue weighted by atomic mass is 16.4. The molecule has 4 aromatic rings. The summed E-state index contributed by atoms with van der Waals surface area (Å²) in [7, 11) is 0. The van der Waals surface area contributed by atoms with Gasteiger partial charge in [-0.05, 0) is 59.8 Å². The molecule has 0 radical (unpaired) electrons. The van der Waals surface area contributed by atoms with E-state index in [4.69, 9.17) is 0 Å². The minimum atomic E-state index is -1.10. The molecule has 3 heterocycles. The number of benzene rings is 2. The van der Waals surface area contributed by atoms with Gasteiger partial charge in [0.2, 0.25) is 5.82 Å². The fourth-order valence-electron chi connectivity index (χ4n) is 4.11. The number of rotatable bonds is 5. The van der Waals surface area contributed by atoms with Crippen molar-refractivity contribution in [3.63, 3.8) is 0 Å². The average molecular weight is 416 g/mol. The standard InChI is InChI=1S/C21H20N8O2/c30-21(31)19-18(23-27-24-19)15-5-6-16(17(11-15)13-7-9-22-10-8-13)12-1-3-14(4-2-12)20-25-28-29-26-20/h1-6,11,13,22H,7-10H2,(H,30,31)(H,23,24,27)(H,25,26,28,29). The van der Waals surface area contributed by atoms with Gasteiger partial charge in [0.25, 0.3) is 0 Å². The lowest BCUT2D eigenvalue weighted by Gasteiger charge is -2.26. The Kier molecular flexibility index (Phi) is 4.97. The van der Waals surface area contributed by atoms with Crippen LogP contribution >= 0.6 is 0 Å². The molecule has 0 atom stereocenters. The van der Waals surface area contributed by atoms with E-state index >= 15 is 0 Å². The number of carbonyl (C=O) groups is 1. The predicted octanol–water partition coefficient (Wildman–Crippen LogP) is 2.48. The number of aromatic carboxylic acids is 1. The Hall–Kier alpha value is -3.92. The van der Waals surface area contributed by atoms with Crippen molar-refractivity contribution in [3.8, 4) is 33.8 Å². The van der Waals surface area contributed by atoms with E-state index in [1.54, 1.807) is 0 Å². The first-order chi connectivity index (χ1) is 15.2. The third-order valence-corrected chi connectivity index (χ3v) is 5.65. The SMILES string of the molecule is O=C(O)c1n[nH]nc1-c1ccc(-c2ccc(-c3nn[nH]n3)cc2)c(C2CCNCC2)c1. The van der Waals surface area contributed by atoms with Gasteiger partial charge in [-0.3, -0.25) is 0 Å². The van der Waals surface area contributed by atoms with E-state index < -0.39 is 5.97 Å². The first kappa shape index (κ1) is 19.1. The van der Waals surface area contributed by atoms with Gasteiger partial charge in [-0.15, -0.1) is 15.3 Å². The van der Waals surface area contributed by atoms with Gasteiger partial charge < -0.3 is 10.4 Å². The van der Waals surface area contributed by atoms with Gasteiger partial charge in [0, 0.05) is 11.1 Å². The van der Waals surface area contributed by atoms with Crippen molar-refractivity contribution in [1.82, 2.24) is 41.4 Å². The minimum absolute atomic E-state index is 0.0755. The molecule has 0 amide bonds. The fraction of sp³-hybridized carbons (Fsp3) is 0.238. The Bertz CT molecular complexity index is 1190. The summed E-state index contributed by atoms with van der Waals surface area (Å²) in [5.41, 5.74) is 5.28. The average Bonchev–Trinajstić information content (AvgIpc) is 3.52. The van der Waals surface area contributed by atoms with Crippen LogP contribution in [0.25, 0.3) is 33.8 Å². The Morgan fingerprint density at radius 2 is 1.65 bits per heavy atom. The molecule has 31 heavy (non-hydrogen) atoms. The van der Waals surface area contributed by atoms with Crippen LogP contribution in [-0.2, 0) is 0 Å². The monoisotopic (exact) mass is 416 g/mol. The number of tetrazole rings is 1. The number of hydrogen-bond acceptors (Lipinski definition) is 7. The molecule has 156 valence electrons. The number of aromatic amines is 2. The molecule has 2 aromatic carbocycles. The Morgan fingerprint density at radius 3 is 2.35 bits per heavy atom. The van der Waals surface area contributed by atoms with Crippen LogP contribution in [0.3, 0.4) is 0 Å². The Morgan fingerprint density at radius 1 is 0.903 bits per heavy atom. The molecule has 0 aliphatic carbocycles. The summed E-state index contributed by atoms with van der Waals surface area (Å²) in [6, 6.07) is 14.0. The molecule has 10 nitrogen and oxygen atoms in total. The fourth-order valence-corrected chi connectivity index (χ4v) is 4.11. The number of carboxylic acid groups (broad SMARTS) is 1. The van der Waals surface area contributed by atoms with Crippen molar-refractivity contribution in [2.24, 2.45) is 0 Å². The smallest absolute Gasteiger partial charge is 0.358 e. The molecular weight excluding hydrogens is 396 g/mol. The zero-order valence-electron chi connectivity index (χ0n) is 16.5. The first-order valence-electron chi connectivity index (χ1n) is 10.0. The number of carboxylic acids is 1. The summed E-state index contributed by atoms with van der Waals surface area (Å²) >= 11 is 0. The summed E-state index contributed by atoms with van der Waals surface area (Å²) < 4.78 is 0. The van der Waals surface area contributed by atoms with Crippen molar-refractivity contribution in [2.45, 2.75) is 18.8 Å². The third kappa shape index (κ3) is 3.68. The van der Waals surface area contributed by atoms with Crippen molar-refractivity contribution in [1.29, 1.82) is 0 Å². The predicted molar refractivity (Wildman–Crippen MR) is 112 cm³/mol. The maximum atomic E-state index is 11.5. The van der Waals surface area contributed by atoms with Crippen LogP contribution in [0.1, 0.15) is 34.8 Å². The maximum Gasteiger partial charge on any atom is 0.358 e. The molecule has 0 bridgehead atoms. The summed E-state index contributed by atoms with van der Waals surface area (Å²) in [5, 5.41) is 37.3. The van der Waals surface area contributed by atoms with Crippen LogP contribution in [0.15, 0.2) is 42.5 Å². The number of piperidine rings is 1. The normalized spacial score (nSPS) is 14.6. The molecule has 4 N–H and O–H groups in total. The lowest BCUT2D eigenvalue weighted by atomic mass is 9.83. The topological polar surface area (TPSA) is 145 Å². The summed E-state index contributed by atoms with van der Waals surface area (Å²) in [4.78, 5) is 11.5. The van der Waals surface area contributed by atoms with E-state index in [-0.39, 0.29) is 5.69 Å². The van der Waals surface area contributed by atoms with E-state index in [1.165, 1.54) is 5.56 Å². The van der Waals surface area contributed by atoms with Crippen LogP contribution < -0.4 is 5.32 Å². The van der Waals surface area contributed by atoms with Crippen LogP contribution in [0.5, 0.6) is 0 Å². The molecule has 5 rings (SSSR count). The molecule has 0 saturated carbocycles. The first-order valence-corrected chi connectivity index (χ1v) is 10.0. The minimum Gasteiger partial charge on any atom is -0.476 e. The van der Waals surface area contributed by atoms with Crippen LogP contribution in [0.2, 0.25) is 0 Å². The number of nitrogens with one attached hydrogen (secondary N) is 3. The molecule has 2 aromatic heterocycles. The molecular formula is C21H20N8O2. The van der Waals surface area contributed by atoms with Gasteiger partial charge in [-0.2, -0.15) is 15.5 Å². The van der Waals surface area contributed by atoms with E-state index in [2.05, 4.69) is 47.4 Å². The largest absolute Gasteiger partial charge is 0.476 e. The Labute approximate surface area is 177 Å². The third-order valence-electron chi connectivity index (χ3n) is 5.65. The summed E-state index contributed by atoms with van der Waals surface area (Å²) in [6.45, 7) is 1.91. The van der Waals surface area contributed by atoms with E-state index in [0.29, 0.717) is 17.4 Å². The van der Waals surface area contributed by atoms with Gasteiger partial charge in [-0.1, -0.05) is 36.4 Å². The second-order valence-electron chi connectivity index (χ2n) is 7.47. The Balaban J connectivity index is 1.58. The summed E-state index contributed by atoms with van der Waals surface area (Å²) in [5.74, 6) is -0.186. The maximum absolute atomic E-state index is 11.5. The molecule has 1 aliphatic heterocycles. The van der Waals surface area contributed by atoms with E-state index in [9.17, 15) is 9.90 Å².